The van der Waals surface area contributed by atoms with Gasteiger partial charge >= 0.3 is 0 Å². The van der Waals surface area contributed by atoms with E-state index in [1.54, 1.807) is 0 Å². The number of hydrogen-bond donors (Lipinski definition) is 0. The van der Waals surface area contributed by atoms with Crippen molar-refractivity contribution in [1.82, 2.24) is 0 Å². The third kappa shape index (κ3) is 1.73. The van der Waals surface area contributed by atoms with E-state index in [1.165, 1.54) is 17.5 Å². The van der Waals surface area contributed by atoms with Gasteiger partial charge in [0.1, 0.15) is 0 Å². The fraction of sp³-hybridized carbons (Fsp3) is 0.333. The molecule has 0 N–H and O–H groups in total. The van der Waals surface area contributed by atoms with E-state index in [0.29, 0.717) is 11.3 Å². The van der Waals surface area contributed by atoms with Crippen molar-refractivity contribution in [2.24, 2.45) is 11.3 Å². The second kappa shape index (κ2) is 4.21. The lowest BCUT2D eigenvalue weighted by molar-refractivity contribution is 0.142. The first-order chi connectivity index (χ1) is 9.40. The minimum atomic E-state index is 0.364. The summed E-state index contributed by atoms with van der Waals surface area (Å²) in [4.78, 5) is 0. The molecule has 2 aromatic carbocycles. The first-order valence-electron chi connectivity index (χ1n) is 7.08. The zero-order valence-corrected chi connectivity index (χ0v) is 11.0. The fourth-order valence-corrected chi connectivity index (χ4v) is 3.78. The summed E-state index contributed by atoms with van der Waals surface area (Å²) in [5.74, 6) is 1.25. The molecule has 4 rings (SSSR count). The predicted molar refractivity (Wildman–Crippen MR) is 76.1 cm³/mol. The van der Waals surface area contributed by atoms with Gasteiger partial charge in [0.25, 0.3) is 0 Å². The average molecular weight is 250 g/mol. The molecular formula is C18H18O. The number of rotatable bonds is 3. The minimum Gasteiger partial charge on any atom is -0.381 e. The summed E-state index contributed by atoms with van der Waals surface area (Å²) < 4.78 is 5.73. The van der Waals surface area contributed by atoms with Crippen LogP contribution in [0.2, 0.25) is 0 Å². The van der Waals surface area contributed by atoms with E-state index in [2.05, 4.69) is 60.7 Å². The van der Waals surface area contributed by atoms with E-state index < -0.39 is 0 Å². The van der Waals surface area contributed by atoms with Crippen LogP contribution in [0.15, 0.2) is 60.7 Å². The predicted octanol–water partition coefficient (Wildman–Crippen LogP) is 3.86. The Kier molecular flexibility index (Phi) is 2.49. The van der Waals surface area contributed by atoms with Crippen LogP contribution in [0.4, 0.5) is 0 Å². The summed E-state index contributed by atoms with van der Waals surface area (Å²) in [6.45, 7) is 1.88. The molecule has 0 bridgehead atoms. The van der Waals surface area contributed by atoms with Crippen LogP contribution >= 0.6 is 0 Å². The van der Waals surface area contributed by atoms with Gasteiger partial charge in [0.2, 0.25) is 0 Å². The standard InChI is InChI=1S/C18H18O/c1-3-7-14(8-4-1)17(15-9-5-2-6-10-15)18-11-16(18)12-19-13-18/h1-10,16-17H,11-13H2/t16-,18-/m1/s1. The summed E-state index contributed by atoms with van der Waals surface area (Å²) in [7, 11) is 0. The van der Waals surface area contributed by atoms with Crippen LogP contribution in [-0.4, -0.2) is 13.2 Å². The summed E-state index contributed by atoms with van der Waals surface area (Å²) in [5, 5.41) is 0. The maximum atomic E-state index is 5.73. The Hall–Kier alpha value is -1.60. The fourth-order valence-electron chi connectivity index (χ4n) is 3.78. The molecule has 0 spiro atoms. The second-order valence-corrected chi connectivity index (χ2v) is 5.90. The van der Waals surface area contributed by atoms with Crippen molar-refractivity contribution in [2.75, 3.05) is 13.2 Å². The highest BCUT2D eigenvalue weighted by molar-refractivity contribution is 5.38. The van der Waals surface area contributed by atoms with E-state index in [9.17, 15) is 0 Å². The van der Waals surface area contributed by atoms with Gasteiger partial charge in [0.15, 0.2) is 0 Å². The van der Waals surface area contributed by atoms with Crippen molar-refractivity contribution in [3.63, 3.8) is 0 Å². The zero-order valence-electron chi connectivity index (χ0n) is 11.0. The lowest BCUT2D eigenvalue weighted by atomic mass is 9.78. The van der Waals surface area contributed by atoms with Crippen LogP contribution in [0.1, 0.15) is 23.5 Å². The summed E-state index contributed by atoms with van der Waals surface area (Å²) in [6, 6.07) is 21.8. The van der Waals surface area contributed by atoms with Gasteiger partial charge in [0.05, 0.1) is 13.2 Å². The molecule has 1 heterocycles. The van der Waals surface area contributed by atoms with Crippen molar-refractivity contribution >= 4 is 0 Å². The molecular weight excluding hydrogens is 232 g/mol. The number of hydrogen-bond acceptors (Lipinski definition) is 1. The van der Waals surface area contributed by atoms with E-state index >= 15 is 0 Å². The molecule has 0 unspecified atom stereocenters. The van der Waals surface area contributed by atoms with Crippen molar-refractivity contribution in [2.45, 2.75) is 12.3 Å². The van der Waals surface area contributed by atoms with Gasteiger partial charge in [-0.15, -0.1) is 0 Å². The van der Waals surface area contributed by atoms with Gasteiger partial charge in [-0.2, -0.15) is 0 Å². The summed E-state index contributed by atoms with van der Waals surface area (Å²) in [6.07, 6.45) is 1.32. The van der Waals surface area contributed by atoms with Crippen molar-refractivity contribution in [3.8, 4) is 0 Å². The molecule has 0 amide bonds. The van der Waals surface area contributed by atoms with Crippen LogP contribution in [0.25, 0.3) is 0 Å². The topological polar surface area (TPSA) is 9.23 Å². The average Bonchev–Trinajstić information content (AvgIpc) is 3.02. The summed E-state index contributed by atoms with van der Waals surface area (Å²) in [5.41, 5.74) is 3.23. The SMILES string of the molecule is c1ccc(C(c2ccccc2)[C@]23COC[C@H]2C3)cc1. The second-order valence-electron chi connectivity index (χ2n) is 5.90. The van der Waals surface area contributed by atoms with E-state index in [4.69, 9.17) is 4.74 Å². The van der Waals surface area contributed by atoms with Crippen molar-refractivity contribution in [3.05, 3.63) is 71.8 Å². The molecule has 2 aromatic rings. The molecule has 1 saturated heterocycles. The molecule has 1 aliphatic heterocycles. The third-order valence-electron chi connectivity index (χ3n) is 4.81. The highest BCUT2D eigenvalue weighted by Gasteiger charge is 2.62. The minimum absolute atomic E-state index is 0.364. The third-order valence-corrected chi connectivity index (χ3v) is 4.81. The number of benzene rings is 2. The van der Waals surface area contributed by atoms with E-state index in [1.807, 2.05) is 0 Å². The molecule has 2 aliphatic rings. The van der Waals surface area contributed by atoms with Crippen molar-refractivity contribution in [1.29, 1.82) is 0 Å². The Morgan fingerprint density at radius 1 is 0.895 bits per heavy atom. The van der Waals surface area contributed by atoms with Gasteiger partial charge in [0, 0.05) is 11.3 Å². The summed E-state index contributed by atoms with van der Waals surface area (Å²) >= 11 is 0. The van der Waals surface area contributed by atoms with Crippen molar-refractivity contribution < 1.29 is 4.74 Å². The molecule has 1 saturated carbocycles. The van der Waals surface area contributed by atoms with Gasteiger partial charge in [-0.25, -0.2) is 0 Å². The van der Waals surface area contributed by atoms with Gasteiger partial charge in [-0.05, 0) is 23.5 Å². The van der Waals surface area contributed by atoms with E-state index in [0.717, 1.165) is 19.1 Å². The largest absolute Gasteiger partial charge is 0.381 e. The van der Waals surface area contributed by atoms with Crippen LogP contribution in [-0.2, 0) is 4.74 Å². The molecule has 96 valence electrons. The smallest absolute Gasteiger partial charge is 0.0535 e. The Morgan fingerprint density at radius 2 is 1.47 bits per heavy atom. The van der Waals surface area contributed by atoms with Gasteiger partial charge < -0.3 is 4.74 Å². The normalized spacial score (nSPS) is 28.4. The van der Waals surface area contributed by atoms with Crippen LogP contribution in [0.5, 0.6) is 0 Å². The molecule has 0 aromatic heterocycles. The molecule has 1 nitrogen and oxygen atoms in total. The molecule has 0 radical (unpaired) electrons. The van der Waals surface area contributed by atoms with E-state index in [-0.39, 0.29) is 0 Å². The van der Waals surface area contributed by atoms with Gasteiger partial charge in [-0.3, -0.25) is 0 Å². The first-order valence-corrected chi connectivity index (χ1v) is 7.08. The maximum absolute atomic E-state index is 5.73. The lowest BCUT2D eigenvalue weighted by Gasteiger charge is -2.26. The molecule has 2 fully saturated rings. The Morgan fingerprint density at radius 3 is 1.89 bits per heavy atom. The lowest BCUT2D eigenvalue weighted by Crippen LogP contribution is -2.19. The number of ether oxygens (including phenoxy) is 1. The van der Waals surface area contributed by atoms with Crippen LogP contribution < -0.4 is 0 Å². The monoisotopic (exact) mass is 250 g/mol. The molecule has 19 heavy (non-hydrogen) atoms. The molecule has 1 aliphatic carbocycles. The Balaban J connectivity index is 1.81. The Labute approximate surface area is 114 Å². The molecule has 2 atom stereocenters. The van der Waals surface area contributed by atoms with Crippen LogP contribution in [0, 0.1) is 11.3 Å². The van der Waals surface area contributed by atoms with Gasteiger partial charge in [-0.1, -0.05) is 60.7 Å². The quantitative estimate of drug-likeness (QED) is 0.804. The highest BCUT2D eigenvalue weighted by atomic mass is 16.5. The Bertz CT molecular complexity index is 523. The highest BCUT2D eigenvalue weighted by Crippen LogP contribution is 2.66. The number of fused-ring (bicyclic) bond motifs is 1. The maximum Gasteiger partial charge on any atom is 0.0535 e. The molecule has 1 heteroatoms. The first kappa shape index (κ1) is 11.2. The zero-order chi connectivity index (χ0) is 12.7. The van der Waals surface area contributed by atoms with Crippen LogP contribution in [0.3, 0.4) is 0 Å².